The lowest BCUT2D eigenvalue weighted by atomic mass is 10.0. The summed E-state index contributed by atoms with van der Waals surface area (Å²) in [7, 11) is 4.28. The second-order valence-corrected chi connectivity index (χ2v) is 6.48. The number of carbonyl (C=O) groups is 3. The highest BCUT2D eigenvalue weighted by molar-refractivity contribution is 5.94. The minimum Gasteiger partial charge on any atom is -0.493 e. The number of rotatable bonds is 10. The maximum absolute atomic E-state index is 12.4. The first-order valence-corrected chi connectivity index (χ1v) is 9.56. The Bertz CT molecular complexity index is 927. The highest BCUT2D eigenvalue weighted by Crippen LogP contribution is 2.31. The third kappa shape index (κ3) is 7.50. The van der Waals surface area contributed by atoms with Gasteiger partial charge in [0.15, 0.2) is 11.5 Å². The number of carbonyl (C=O) groups excluding carboxylic acids is 3. The van der Waals surface area contributed by atoms with E-state index in [-0.39, 0.29) is 13.0 Å². The third-order valence-electron chi connectivity index (χ3n) is 4.39. The predicted molar refractivity (Wildman–Crippen MR) is 116 cm³/mol. The van der Waals surface area contributed by atoms with Crippen molar-refractivity contribution in [2.45, 2.75) is 12.5 Å². The molecule has 0 heterocycles. The molecule has 0 aromatic heterocycles. The molecule has 0 bridgehead atoms. The molecule has 164 valence electrons. The Kier molecular flexibility index (Phi) is 9.10. The molecule has 1 unspecified atom stereocenters. The number of benzene rings is 2. The fraction of sp³-hybridized carbons (Fsp3) is 0.261. The molecule has 0 aliphatic rings. The molecule has 31 heavy (non-hydrogen) atoms. The number of amides is 2. The van der Waals surface area contributed by atoms with E-state index in [9.17, 15) is 14.4 Å². The van der Waals surface area contributed by atoms with Crippen LogP contribution in [0.4, 0.5) is 0 Å². The molecule has 1 atom stereocenters. The predicted octanol–water partition coefficient (Wildman–Crippen LogP) is 2.25. The molecular weight excluding hydrogens is 400 g/mol. The van der Waals surface area contributed by atoms with Gasteiger partial charge in [-0.15, -0.1) is 0 Å². The molecular formula is C23H26N2O6. The standard InChI is InChI=1S/C23H26N2O6/c1-29-19-11-10-17(13-20(19)30-2)18(14-23(28)31-3)25-22(27)15-24-21(26)12-9-16-7-5-4-6-8-16/h4-13,18H,14-15H2,1-3H3,(H,24,26)(H,25,27)/b12-9+. The zero-order valence-electron chi connectivity index (χ0n) is 17.7. The molecule has 0 aliphatic carbocycles. The van der Waals surface area contributed by atoms with Gasteiger partial charge < -0.3 is 24.8 Å². The SMILES string of the molecule is COC(=O)CC(NC(=O)CNC(=O)/C=C/c1ccccc1)c1ccc(OC)c(OC)c1. The van der Waals surface area contributed by atoms with Crippen molar-refractivity contribution >= 4 is 23.9 Å². The lowest BCUT2D eigenvalue weighted by Crippen LogP contribution is -2.38. The average Bonchev–Trinajstić information content (AvgIpc) is 2.80. The van der Waals surface area contributed by atoms with E-state index in [1.165, 1.54) is 27.4 Å². The van der Waals surface area contributed by atoms with Crippen LogP contribution in [-0.2, 0) is 19.1 Å². The molecule has 2 N–H and O–H groups in total. The summed E-state index contributed by atoms with van der Waals surface area (Å²) >= 11 is 0. The van der Waals surface area contributed by atoms with E-state index < -0.39 is 23.8 Å². The molecule has 0 aliphatic heterocycles. The van der Waals surface area contributed by atoms with Gasteiger partial charge in [0.2, 0.25) is 11.8 Å². The smallest absolute Gasteiger partial charge is 0.307 e. The van der Waals surface area contributed by atoms with Crippen molar-refractivity contribution in [1.29, 1.82) is 0 Å². The van der Waals surface area contributed by atoms with Crippen molar-refractivity contribution < 1.29 is 28.6 Å². The van der Waals surface area contributed by atoms with Gasteiger partial charge in [-0.3, -0.25) is 14.4 Å². The largest absolute Gasteiger partial charge is 0.493 e. The normalized spacial score (nSPS) is 11.5. The maximum atomic E-state index is 12.4. The molecule has 0 saturated carbocycles. The van der Waals surface area contributed by atoms with Crippen molar-refractivity contribution in [2.75, 3.05) is 27.9 Å². The second kappa shape index (κ2) is 12.0. The highest BCUT2D eigenvalue weighted by atomic mass is 16.5. The van der Waals surface area contributed by atoms with E-state index in [4.69, 9.17) is 14.2 Å². The van der Waals surface area contributed by atoms with Crippen LogP contribution >= 0.6 is 0 Å². The van der Waals surface area contributed by atoms with Crippen LogP contribution in [0.3, 0.4) is 0 Å². The van der Waals surface area contributed by atoms with Crippen LogP contribution in [0.2, 0.25) is 0 Å². The van der Waals surface area contributed by atoms with E-state index in [1.54, 1.807) is 24.3 Å². The number of nitrogens with one attached hydrogen (secondary N) is 2. The summed E-state index contributed by atoms with van der Waals surface area (Å²) in [6.45, 7) is -0.247. The van der Waals surface area contributed by atoms with Gasteiger partial charge in [-0.1, -0.05) is 36.4 Å². The Balaban J connectivity index is 2.02. The summed E-state index contributed by atoms with van der Waals surface area (Å²) in [5.41, 5.74) is 1.50. The van der Waals surface area contributed by atoms with E-state index >= 15 is 0 Å². The highest BCUT2D eigenvalue weighted by Gasteiger charge is 2.20. The fourth-order valence-electron chi connectivity index (χ4n) is 2.78. The van der Waals surface area contributed by atoms with Crippen molar-refractivity contribution in [1.82, 2.24) is 10.6 Å². The van der Waals surface area contributed by atoms with Gasteiger partial charge in [-0.25, -0.2) is 0 Å². The van der Waals surface area contributed by atoms with Crippen LogP contribution < -0.4 is 20.1 Å². The van der Waals surface area contributed by atoms with Crippen LogP contribution in [0, 0.1) is 0 Å². The molecule has 2 amide bonds. The third-order valence-corrected chi connectivity index (χ3v) is 4.39. The first kappa shape index (κ1) is 23.5. The average molecular weight is 426 g/mol. The molecule has 2 aromatic carbocycles. The minimum absolute atomic E-state index is 0.0838. The summed E-state index contributed by atoms with van der Waals surface area (Å²) in [5, 5.41) is 5.26. The molecule has 0 spiro atoms. The van der Waals surface area contributed by atoms with Crippen molar-refractivity contribution in [3.8, 4) is 11.5 Å². The van der Waals surface area contributed by atoms with Gasteiger partial charge in [-0.2, -0.15) is 0 Å². The van der Waals surface area contributed by atoms with E-state index in [0.29, 0.717) is 17.1 Å². The van der Waals surface area contributed by atoms with Gasteiger partial charge in [0.1, 0.15) is 0 Å². The quantitative estimate of drug-likeness (QED) is 0.446. The maximum Gasteiger partial charge on any atom is 0.307 e. The molecule has 0 fully saturated rings. The molecule has 2 aromatic rings. The Morgan fingerprint density at radius 3 is 2.32 bits per heavy atom. The monoisotopic (exact) mass is 426 g/mol. The Labute approximate surface area is 181 Å². The molecule has 8 nitrogen and oxygen atoms in total. The van der Waals surface area contributed by atoms with Crippen LogP contribution in [-0.4, -0.2) is 45.7 Å². The van der Waals surface area contributed by atoms with Gasteiger partial charge in [0, 0.05) is 6.08 Å². The Morgan fingerprint density at radius 1 is 0.968 bits per heavy atom. The minimum atomic E-state index is -0.670. The van der Waals surface area contributed by atoms with E-state index in [2.05, 4.69) is 10.6 Å². The first-order valence-electron chi connectivity index (χ1n) is 9.56. The lowest BCUT2D eigenvalue weighted by molar-refractivity contribution is -0.141. The number of hydrogen-bond donors (Lipinski definition) is 2. The topological polar surface area (TPSA) is 103 Å². The fourth-order valence-corrected chi connectivity index (χ4v) is 2.78. The van der Waals surface area contributed by atoms with Crippen LogP contribution in [0.5, 0.6) is 11.5 Å². The molecule has 8 heteroatoms. The van der Waals surface area contributed by atoms with Gasteiger partial charge in [0.25, 0.3) is 0 Å². The summed E-state index contributed by atoms with van der Waals surface area (Å²) in [5.74, 6) is -0.370. The van der Waals surface area contributed by atoms with Crippen molar-refractivity contribution in [3.63, 3.8) is 0 Å². The molecule has 0 radical (unpaired) electrons. The number of hydrogen-bond acceptors (Lipinski definition) is 6. The number of esters is 1. The number of ether oxygens (including phenoxy) is 3. The van der Waals surface area contributed by atoms with Gasteiger partial charge in [-0.05, 0) is 29.3 Å². The van der Waals surface area contributed by atoms with Crippen LogP contribution in [0.1, 0.15) is 23.6 Å². The second-order valence-electron chi connectivity index (χ2n) is 6.48. The lowest BCUT2D eigenvalue weighted by Gasteiger charge is -2.20. The summed E-state index contributed by atoms with van der Waals surface area (Å²) in [4.78, 5) is 36.2. The van der Waals surface area contributed by atoms with Crippen LogP contribution in [0.15, 0.2) is 54.6 Å². The van der Waals surface area contributed by atoms with Crippen molar-refractivity contribution in [3.05, 3.63) is 65.7 Å². The molecule has 0 saturated heterocycles. The van der Waals surface area contributed by atoms with E-state index in [0.717, 1.165) is 5.56 Å². The summed E-state index contributed by atoms with van der Waals surface area (Å²) in [6, 6.07) is 13.7. The Hall–Kier alpha value is -3.81. The van der Waals surface area contributed by atoms with E-state index in [1.807, 2.05) is 30.3 Å². The van der Waals surface area contributed by atoms with Crippen molar-refractivity contribution in [2.24, 2.45) is 0 Å². The molecule has 2 rings (SSSR count). The zero-order valence-corrected chi connectivity index (χ0v) is 17.7. The Morgan fingerprint density at radius 2 is 1.68 bits per heavy atom. The zero-order chi connectivity index (χ0) is 22.6. The number of methoxy groups -OCH3 is 3. The van der Waals surface area contributed by atoms with Crippen LogP contribution in [0.25, 0.3) is 6.08 Å². The first-order chi connectivity index (χ1) is 15.0. The summed E-state index contributed by atoms with van der Waals surface area (Å²) < 4.78 is 15.2. The van der Waals surface area contributed by atoms with Gasteiger partial charge in [0.05, 0.1) is 40.3 Å². The van der Waals surface area contributed by atoms with Gasteiger partial charge >= 0.3 is 5.97 Å². The summed E-state index contributed by atoms with van der Waals surface area (Å²) in [6.07, 6.45) is 2.92.